The standard InChI is InChI=1S/C17H13NO2/c1-20-14-6-2-5-13(10-14)17(19)15-7-3-4-12-8-9-18-11-16(12)15/h2-11H,1H3. The Hall–Kier alpha value is -2.68. The first-order valence-electron chi connectivity index (χ1n) is 6.31. The van der Waals surface area contributed by atoms with Gasteiger partial charge in [-0.05, 0) is 23.6 Å². The summed E-state index contributed by atoms with van der Waals surface area (Å²) in [7, 11) is 1.59. The van der Waals surface area contributed by atoms with Crippen LogP contribution in [-0.2, 0) is 0 Å². The highest BCUT2D eigenvalue weighted by Crippen LogP contribution is 2.22. The molecule has 1 heterocycles. The van der Waals surface area contributed by atoms with Gasteiger partial charge in [-0.1, -0.05) is 30.3 Å². The van der Waals surface area contributed by atoms with Crippen molar-refractivity contribution in [2.45, 2.75) is 0 Å². The maximum Gasteiger partial charge on any atom is 0.193 e. The highest BCUT2D eigenvalue weighted by atomic mass is 16.5. The van der Waals surface area contributed by atoms with Crippen LogP contribution >= 0.6 is 0 Å². The van der Waals surface area contributed by atoms with E-state index in [1.807, 2.05) is 36.4 Å². The van der Waals surface area contributed by atoms with Gasteiger partial charge in [0.05, 0.1) is 7.11 Å². The van der Waals surface area contributed by atoms with E-state index in [1.165, 1.54) is 0 Å². The normalized spacial score (nSPS) is 10.4. The highest BCUT2D eigenvalue weighted by Gasteiger charge is 2.13. The fourth-order valence-electron chi connectivity index (χ4n) is 2.23. The van der Waals surface area contributed by atoms with E-state index in [4.69, 9.17) is 4.74 Å². The number of hydrogen-bond acceptors (Lipinski definition) is 3. The first kappa shape index (κ1) is 12.4. The molecular weight excluding hydrogens is 250 g/mol. The molecule has 2 aromatic carbocycles. The van der Waals surface area contributed by atoms with Gasteiger partial charge >= 0.3 is 0 Å². The summed E-state index contributed by atoms with van der Waals surface area (Å²) in [4.78, 5) is 16.8. The molecule has 3 nitrogen and oxygen atoms in total. The summed E-state index contributed by atoms with van der Waals surface area (Å²) in [6.45, 7) is 0. The van der Waals surface area contributed by atoms with Crippen LogP contribution in [0.25, 0.3) is 10.8 Å². The Bertz CT molecular complexity index is 775. The molecule has 3 heteroatoms. The molecule has 3 rings (SSSR count). The zero-order chi connectivity index (χ0) is 13.9. The van der Waals surface area contributed by atoms with Crippen LogP contribution in [0.2, 0.25) is 0 Å². The van der Waals surface area contributed by atoms with Crippen LogP contribution in [0.5, 0.6) is 5.75 Å². The second-order valence-electron chi connectivity index (χ2n) is 4.46. The van der Waals surface area contributed by atoms with E-state index in [1.54, 1.807) is 31.6 Å². The number of ether oxygens (including phenoxy) is 1. The monoisotopic (exact) mass is 263 g/mol. The Morgan fingerprint density at radius 2 is 1.95 bits per heavy atom. The molecule has 0 aliphatic rings. The molecule has 0 amide bonds. The maximum atomic E-state index is 12.6. The average molecular weight is 263 g/mol. The Kier molecular flexibility index (Phi) is 3.17. The van der Waals surface area contributed by atoms with Gasteiger partial charge in [-0.3, -0.25) is 9.78 Å². The number of hydrogen-bond donors (Lipinski definition) is 0. The van der Waals surface area contributed by atoms with Crippen molar-refractivity contribution in [3.8, 4) is 5.75 Å². The lowest BCUT2D eigenvalue weighted by Gasteiger charge is -2.06. The van der Waals surface area contributed by atoms with E-state index in [2.05, 4.69) is 4.98 Å². The number of fused-ring (bicyclic) bond motifs is 1. The summed E-state index contributed by atoms with van der Waals surface area (Å²) in [6, 6.07) is 14.8. The van der Waals surface area contributed by atoms with Gasteiger partial charge in [-0.15, -0.1) is 0 Å². The number of carbonyl (C=O) groups excluding carboxylic acids is 1. The summed E-state index contributed by atoms with van der Waals surface area (Å²) in [5, 5.41) is 1.87. The zero-order valence-corrected chi connectivity index (χ0v) is 11.0. The molecule has 0 unspecified atom stereocenters. The van der Waals surface area contributed by atoms with Crippen molar-refractivity contribution in [1.29, 1.82) is 0 Å². The largest absolute Gasteiger partial charge is 0.497 e. The minimum Gasteiger partial charge on any atom is -0.497 e. The van der Waals surface area contributed by atoms with E-state index in [-0.39, 0.29) is 5.78 Å². The Morgan fingerprint density at radius 1 is 1.10 bits per heavy atom. The summed E-state index contributed by atoms with van der Waals surface area (Å²) in [5.74, 6) is 0.650. The molecule has 3 aromatic rings. The fourth-order valence-corrected chi connectivity index (χ4v) is 2.23. The lowest BCUT2D eigenvalue weighted by Crippen LogP contribution is -2.02. The SMILES string of the molecule is COc1cccc(C(=O)c2cccc3ccncc23)c1. The number of aromatic nitrogens is 1. The Morgan fingerprint density at radius 3 is 2.80 bits per heavy atom. The minimum atomic E-state index is -0.0255. The van der Waals surface area contributed by atoms with Gasteiger partial charge in [0.1, 0.15) is 5.75 Å². The van der Waals surface area contributed by atoms with Crippen LogP contribution in [0.3, 0.4) is 0 Å². The third-order valence-corrected chi connectivity index (χ3v) is 3.26. The zero-order valence-electron chi connectivity index (χ0n) is 11.0. The first-order chi connectivity index (χ1) is 9.79. The van der Waals surface area contributed by atoms with Gasteiger partial charge in [0.15, 0.2) is 5.78 Å². The molecule has 0 radical (unpaired) electrons. The number of nitrogens with zero attached hydrogens (tertiary/aromatic N) is 1. The molecule has 0 N–H and O–H groups in total. The van der Waals surface area contributed by atoms with Crippen molar-refractivity contribution in [2.75, 3.05) is 7.11 Å². The minimum absolute atomic E-state index is 0.0255. The van der Waals surface area contributed by atoms with Crippen molar-refractivity contribution >= 4 is 16.6 Å². The second kappa shape index (κ2) is 5.13. The van der Waals surface area contributed by atoms with E-state index in [0.29, 0.717) is 16.9 Å². The van der Waals surface area contributed by atoms with Crippen LogP contribution in [0, 0.1) is 0 Å². The number of ketones is 1. The molecule has 20 heavy (non-hydrogen) atoms. The summed E-state index contributed by atoms with van der Waals surface area (Å²) in [5.41, 5.74) is 1.27. The first-order valence-corrected chi connectivity index (χ1v) is 6.31. The van der Waals surface area contributed by atoms with Gasteiger partial charge in [0, 0.05) is 28.9 Å². The molecular formula is C17H13NO2. The van der Waals surface area contributed by atoms with Gasteiger partial charge in [0.25, 0.3) is 0 Å². The average Bonchev–Trinajstić information content (AvgIpc) is 2.53. The molecule has 0 saturated heterocycles. The third-order valence-electron chi connectivity index (χ3n) is 3.26. The number of carbonyl (C=O) groups is 1. The molecule has 0 atom stereocenters. The quantitative estimate of drug-likeness (QED) is 0.679. The Labute approximate surface area is 116 Å². The van der Waals surface area contributed by atoms with Gasteiger partial charge < -0.3 is 4.74 Å². The van der Waals surface area contributed by atoms with E-state index in [9.17, 15) is 4.79 Å². The lowest BCUT2D eigenvalue weighted by molar-refractivity contribution is 0.104. The fraction of sp³-hybridized carbons (Fsp3) is 0.0588. The smallest absolute Gasteiger partial charge is 0.193 e. The topological polar surface area (TPSA) is 39.2 Å². The molecule has 98 valence electrons. The van der Waals surface area contributed by atoms with Crippen LogP contribution < -0.4 is 4.74 Å². The Balaban J connectivity index is 2.12. The van der Waals surface area contributed by atoms with Gasteiger partial charge in [-0.2, -0.15) is 0 Å². The number of benzene rings is 2. The molecule has 1 aromatic heterocycles. The molecule has 0 fully saturated rings. The van der Waals surface area contributed by atoms with Crippen molar-refractivity contribution < 1.29 is 9.53 Å². The number of rotatable bonds is 3. The number of methoxy groups -OCH3 is 1. The summed E-state index contributed by atoms with van der Waals surface area (Å²) in [6.07, 6.45) is 3.45. The van der Waals surface area contributed by atoms with Crippen molar-refractivity contribution in [3.63, 3.8) is 0 Å². The van der Waals surface area contributed by atoms with Crippen molar-refractivity contribution in [2.24, 2.45) is 0 Å². The van der Waals surface area contributed by atoms with E-state index < -0.39 is 0 Å². The lowest BCUT2D eigenvalue weighted by atomic mass is 9.98. The van der Waals surface area contributed by atoms with Gasteiger partial charge in [-0.25, -0.2) is 0 Å². The second-order valence-corrected chi connectivity index (χ2v) is 4.46. The number of pyridine rings is 1. The van der Waals surface area contributed by atoms with Crippen LogP contribution in [0.4, 0.5) is 0 Å². The molecule has 0 bridgehead atoms. The predicted molar refractivity (Wildman–Crippen MR) is 78.2 cm³/mol. The van der Waals surface area contributed by atoms with Crippen LogP contribution in [-0.4, -0.2) is 17.9 Å². The van der Waals surface area contributed by atoms with Crippen molar-refractivity contribution in [3.05, 3.63) is 72.1 Å². The van der Waals surface area contributed by atoms with Crippen molar-refractivity contribution in [1.82, 2.24) is 4.98 Å². The summed E-state index contributed by atoms with van der Waals surface area (Å²) < 4.78 is 5.16. The van der Waals surface area contributed by atoms with Gasteiger partial charge in [0.2, 0.25) is 0 Å². The maximum absolute atomic E-state index is 12.6. The summed E-state index contributed by atoms with van der Waals surface area (Å²) >= 11 is 0. The van der Waals surface area contributed by atoms with Crippen LogP contribution in [0.1, 0.15) is 15.9 Å². The molecule has 0 spiro atoms. The third kappa shape index (κ3) is 2.14. The molecule has 0 saturated carbocycles. The molecule has 0 aliphatic carbocycles. The molecule has 0 aliphatic heterocycles. The predicted octanol–water partition coefficient (Wildman–Crippen LogP) is 3.47. The highest BCUT2D eigenvalue weighted by molar-refractivity contribution is 6.16. The van der Waals surface area contributed by atoms with Crippen LogP contribution in [0.15, 0.2) is 60.9 Å². The van der Waals surface area contributed by atoms with E-state index in [0.717, 1.165) is 10.8 Å². The van der Waals surface area contributed by atoms with E-state index >= 15 is 0 Å².